The van der Waals surface area contributed by atoms with Gasteiger partial charge in [-0.3, -0.25) is 9.78 Å². The van der Waals surface area contributed by atoms with E-state index in [4.69, 9.17) is 9.47 Å². The van der Waals surface area contributed by atoms with Crippen molar-refractivity contribution in [1.29, 1.82) is 0 Å². The first-order valence-corrected chi connectivity index (χ1v) is 8.76. The summed E-state index contributed by atoms with van der Waals surface area (Å²) < 4.78 is 10.7. The second-order valence-corrected chi connectivity index (χ2v) is 5.80. The number of aromatic nitrogens is 3. The molecule has 2 aromatic heterocycles. The summed E-state index contributed by atoms with van der Waals surface area (Å²) in [6, 6.07) is 14.4. The molecule has 0 unspecified atom stereocenters. The Kier molecular flexibility index (Phi) is 6.73. The zero-order valence-electron chi connectivity index (χ0n) is 15.5. The van der Waals surface area contributed by atoms with Crippen molar-refractivity contribution in [2.45, 2.75) is 6.54 Å². The van der Waals surface area contributed by atoms with Crippen molar-refractivity contribution < 1.29 is 14.3 Å². The van der Waals surface area contributed by atoms with E-state index in [0.717, 1.165) is 11.3 Å². The lowest BCUT2D eigenvalue weighted by Crippen LogP contribution is -2.29. The van der Waals surface area contributed by atoms with E-state index in [1.807, 2.05) is 36.4 Å². The first-order valence-electron chi connectivity index (χ1n) is 8.76. The molecule has 8 nitrogen and oxygen atoms in total. The molecule has 28 heavy (non-hydrogen) atoms. The Hall–Kier alpha value is -3.68. The summed E-state index contributed by atoms with van der Waals surface area (Å²) in [6.07, 6.45) is 3.50. The average Bonchev–Trinajstić information content (AvgIpc) is 2.76. The van der Waals surface area contributed by atoms with Crippen molar-refractivity contribution in [2.24, 2.45) is 0 Å². The van der Waals surface area contributed by atoms with Gasteiger partial charge in [-0.1, -0.05) is 6.07 Å². The Labute approximate surface area is 162 Å². The minimum Gasteiger partial charge on any atom is -0.497 e. The number of anilines is 1. The van der Waals surface area contributed by atoms with Gasteiger partial charge in [0.05, 0.1) is 13.7 Å². The number of pyridine rings is 1. The number of amides is 1. The van der Waals surface area contributed by atoms with Crippen LogP contribution >= 0.6 is 0 Å². The predicted molar refractivity (Wildman–Crippen MR) is 104 cm³/mol. The highest BCUT2D eigenvalue weighted by molar-refractivity contribution is 5.92. The lowest BCUT2D eigenvalue weighted by molar-refractivity contribution is 0.0941. The summed E-state index contributed by atoms with van der Waals surface area (Å²) in [4.78, 5) is 16.2. The van der Waals surface area contributed by atoms with Crippen LogP contribution in [0.2, 0.25) is 0 Å². The molecular weight excluding hydrogens is 358 g/mol. The minimum absolute atomic E-state index is 0.247. The van der Waals surface area contributed by atoms with Gasteiger partial charge in [-0.25, -0.2) is 0 Å². The fourth-order valence-electron chi connectivity index (χ4n) is 2.34. The van der Waals surface area contributed by atoms with Gasteiger partial charge in [0.2, 0.25) is 0 Å². The minimum atomic E-state index is -0.301. The third-order valence-corrected chi connectivity index (χ3v) is 3.81. The number of benzene rings is 1. The number of rotatable bonds is 9. The molecule has 0 aliphatic carbocycles. The van der Waals surface area contributed by atoms with E-state index in [-0.39, 0.29) is 11.6 Å². The van der Waals surface area contributed by atoms with Crippen molar-refractivity contribution in [2.75, 3.05) is 25.6 Å². The number of ether oxygens (including phenoxy) is 2. The Morgan fingerprint density at radius 3 is 2.54 bits per heavy atom. The number of hydrogen-bond donors (Lipinski definition) is 2. The number of carbonyl (C=O) groups excluding carboxylic acids is 1. The number of nitrogens with one attached hydrogen (secondary N) is 2. The zero-order valence-corrected chi connectivity index (χ0v) is 15.5. The lowest BCUT2D eigenvalue weighted by Gasteiger charge is -2.08. The van der Waals surface area contributed by atoms with Crippen molar-refractivity contribution in [3.05, 3.63) is 72.2 Å². The van der Waals surface area contributed by atoms with Gasteiger partial charge >= 0.3 is 0 Å². The second kappa shape index (κ2) is 9.86. The summed E-state index contributed by atoms with van der Waals surface area (Å²) in [5, 5.41) is 13.9. The first-order chi connectivity index (χ1) is 13.7. The van der Waals surface area contributed by atoms with Crippen LogP contribution in [0.4, 0.5) is 5.82 Å². The van der Waals surface area contributed by atoms with Gasteiger partial charge in [-0.2, -0.15) is 0 Å². The standard InChI is InChI=1S/C20H21N5O3/c1-27-16-4-6-17(7-5-16)28-12-11-22-20(26)18-8-9-19(25-24-18)23-14-15-3-2-10-21-13-15/h2-10,13H,11-12,14H2,1H3,(H,22,26)(H,23,25). The van der Waals surface area contributed by atoms with Gasteiger partial charge in [0.1, 0.15) is 23.9 Å². The summed E-state index contributed by atoms with van der Waals surface area (Å²) >= 11 is 0. The van der Waals surface area contributed by atoms with Crippen LogP contribution in [-0.2, 0) is 6.54 Å². The largest absolute Gasteiger partial charge is 0.497 e. The normalized spacial score (nSPS) is 10.2. The maximum absolute atomic E-state index is 12.1. The van der Waals surface area contributed by atoms with E-state index in [9.17, 15) is 4.79 Å². The maximum atomic E-state index is 12.1. The zero-order chi connectivity index (χ0) is 19.6. The smallest absolute Gasteiger partial charge is 0.271 e. The van der Waals surface area contributed by atoms with Gasteiger partial charge in [0.15, 0.2) is 5.69 Å². The Bertz CT molecular complexity index is 871. The third-order valence-electron chi connectivity index (χ3n) is 3.81. The highest BCUT2D eigenvalue weighted by Gasteiger charge is 2.08. The van der Waals surface area contributed by atoms with Crippen LogP contribution in [0.15, 0.2) is 60.9 Å². The van der Waals surface area contributed by atoms with Crippen LogP contribution in [0.1, 0.15) is 16.1 Å². The molecule has 1 amide bonds. The van der Waals surface area contributed by atoms with Crippen LogP contribution in [-0.4, -0.2) is 41.3 Å². The Morgan fingerprint density at radius 2 is 1.86 bits per heavy atom. The molecule has 0 radical (unpaired) electrons. The number of carbonyl (C=O) groups is 1. The van der Waals surface area contributed by atoms with E-state index in [2.05, 4.69) is 25.8 Å². The van der Waals surface area contributed by atoms with Crippen LogP contribution in [0.25, 0.3) is 0 Å². The van der Waals surface area contributed by atoms with E-state index < -0.39 is 0 Å². The summed E-state index contributed by atoms with van der Waals surface area (Å²) in [5.41, 5.74) is 1.28. The monoisotopic (exact) mass is 379 g/mol. The second-order valence-electron chi connectivity index (χ2n) is 5.80. The molecule has 0 aliphatic heterocycles. The van der Waals surface area contributed by atoms with E-state index in [1.165, 1.54) is 0 Å². The number of nitrogens with zero attached hydrogens (tertiary/aromatic N) is 3. The topological polar surface area (TPSA) is 98.3 Å². The van der Waals surface area contributed by atoms with Crippen molar-refractivity contribution >= 4 is 11.7 Å². The molecule has 0 atom stereocenters. The molecule has 0 spiro atoms. The van der Waals surface area contributed by atoms with E-state index in [0.29, 0.717) is 31.3 Å². The van der Waals surface area contributed by atoms with Gasteiger partial charge in [-0.05, 0) is 48.0 Å². The molecule has 1 aromatic carbocycles. The molecule has 144 valence electrons. The fraction of sp³-hybridized carbons (Fsp3) is 0.200. The van der Waals surface area contributed by atoms with Gasteiger partial charge < -0.3 is 20.1 Å². The van der Waals surface area contributed by atoms with Gasteiger partial charge in [0.25, 0.3) is 5.91 Å². The molecule has 2 N–H and O–H groups in total. The van der Waals surface area contributed by atoms with Gasteiger partial charge in [0, 0.05) is 18.9 Å². The molecule has 2 heterocycles. The quantitative estimate of drug-likeness (QED) is 0.551. The van der Waals surface area contributed by atoms with Crippen LogP contribution < -0.4 is 20.1 Å². The molecular formula is C20H21N5O3. The first kappa shape index (κ1) is 19.1. The molecule has 0 saturated carbocycles. The SMILES string of the molecule is COc1ccc(OCCNC(=O)c2ccc(NCc3cccnc3)nn2)cc1. The number of hydrogen-bond acceptors (Lipinski definition) is 7. The summed E-state index contributed by atoms with van der Waals surface area (Å²) in [5.74, 6) is 1.75. The van der Waals surface area contributed by atoms with E-state index >= 15 is 0 Å². The average molecular weight is 379 g/mol. The van der Waals surface area contributed by atoms with Crippen LogP contribution in [0, 0.1) is 0 Å². The highest BCUT2D eigenvalue weighted by atomic mass is 16.5. The van der Waals surface area contributed by atoms with Crippen LogP contribution in [0.5, 0.6) is 11.5 Å². The molecule has 8 heteroatoms. The predicted octanol–water partition coefficient (Wildman–Crippen LogP) is 2.30. The summed E-state index contributed by atoms with van der Waals surface area (Å²) in [6.45, 7) is 1.28. The molecule has 3 aromatic rings. The summed E-state index contributed by atoms with van der Waals surface area (Å²) in [7, 11) is 1.61. The van der Waals surface area contributed by atoms with Gasteiger partial charge in [-0.15, -0.1) is 10.2 Å². The number of methoxy groups -OCH3 is 1. The van der Waals surface area contributed by atoms with Crippen molar-refractivity contribution in [3.8, 4) is 11.5 Å². The molecule has 0 aliphatic rings. The van der Waals surface area contributed by atoms with Crippen molar-refractivity contribution in [3.63, 3.8) is 0 Å². The Balaban J connectivity index is 1.40. The maximum Gasteiger partial charge on any atom is 0.271 e. The molecule has 0 bridgehead atoms. The highest BCUT2D eigenvalue weighted by Crippen LogP contribution is 2.16. The van der Waals surface area contributed by atoms with Crippen molar-refractivity contribution in [1.82, 2.24) is 20.5 Å². The molecule has 0 saturated heterocycles. The molecule has 0 fully saturated rings. The fourth-order valence-corrected chi connectivity index (χ4v) is 2.34. The molecule has 3 rings (SSSR count). The van der Waals surface area contributed by atoms with Crippen LogP contribution in [0.3, 0.4) is 0 Å². The lowest BCUT2D eigenvalue weighted by atomic mass is 10.3. The third kappa shape index (κ3) is 5.66. The Morgan fingerprint density at radius 1 is 1.04 bits per heavy atom. The van der Waals surface area contributed by atoms with E-state index in [1.54, 1.807) is 31.6 Å².